The van der Waals surface area contributed by atoms with Gasteiger partial charge in [0.05, 0.1) is 13.2 Å². The van der Waals surface area contributed by atoms with Crippen LogP contribution in [-0.4, -0.2) is 37.0 Å². The minimum atomic E-state index is -0.542. The molecular weight excluding hydrogens is 677 g/mol. The van der Waals surface area contributed by atoms with E-state index in [-0.39, 0.29) is 19.2 Å². The zero-order chi connectivity index (χ0) is 39.8. The van der Waals surface area contributed by atoms with Gasteiger partial charge >= 0.3 is 5.97 Å². The zero-order valence-corrected chi connectivity index (χ0v) is 36.9. The van der Waals surface area contributed by atoms with Gasteiger partial charge < -0.3 is 14.6 Å². The van der Waals surface area contributed by atoms with E-state index in [4.69, 9.17) is 9.47 Å². The van der Waals surface area contributed by atoms with Crippen LogP contribution in [0.3, 0.4) is 0 Å². The highest BCUT2D eigenvalue weighted by molar-refractivity contribution is 5.69. The molecule has 4 heteroatoms. The topological polar surface area (TPSA) is 55.8 Å². The highest BCUT2D eigenvalue weighted by Crippen LogP contribution is 2.14. The molecule has 1 unspecified atom stereocenters. The molecule has 0 rings (SSSR count). The lowest BCUT2D eigenvalue weighted by molar-refractivity contribution is -0.154. The number of carbonyl (C=O) groups excluding carboxylic acids is 1. The fourth-order valence-corrected chi connectivity index (χ4v) is 6.98. The molecule has 0 aromatic carbocycles. The first-order chi connectivity index (χ1) is 27.2. The molecule has 0 heterocycles. The summed E-state index contributed by atoms with van der Waals surface area (Å²) in [5, 5.41) is 9.63. The molecule has 55 heavy (non-hydrogen) atoms. The maximum absolute atomic E-state index is 12.2. The standard InChI is InChI=1S/C51H94O4/c1-3-5-7-9-11-13-15-17-19-21-23-25-27-29-31-33-35-37-39-41-43-45-47-54-49-50(48-52)55-51(53)46-44-42-40-38-36-34-32-30-28-26-24-22-20-18-16-14-12-10-8-6-4-2/h15,17,21-24,27,29,50,52H,3-14,16,18-20,25-26,28,30-49H2,1-2H3/b17-15-,23-21-,24-22-,29-27-. The monoisotopic (exact) mass is 771 g/mol. The van der Waals surface area contributed by atoms with E-state index < -0.39 is 6.10 Å². The Balaban J connectivity index is 3.44. The number of ether oxygens (including phenoxy) is 2. The Morgan fingerprint density at radius 1 is 0.436 bits per heavy atom. The van der Waals surface area contributed by atoms with Gasteiger partial charge in [0.2, 0.25) is 0 Å². The van der Waals surface area contributed by atoms with E-state index in [1.54, 1.807) is 0 Å². The molecule has 1 atom stereocenters. The second kappa shape index (κ2) is 48.5. The van der Waals surface area contributed by atoms with Crippen LogP contribution in [0.4, 0.5) is 0 Å². The summed E-state index contributed by atoms with van der Waals surface area (Å²) in [5.41, 5.74) is 0. The van der Waals surface area contributed by atoms with E-state index in [1.807, 2.05) is 0 Å². The fourth-order valence-electron chi connectivity index (χ4n) is 6.98. The Hall–Kier alpha value is -1.65. The first-order valence-electron chi connectivity index (χ1n) is 24.2. The largest absolute Gasteiger partial charge is 0.457 e. The smallest absolute Gasteiger partial charge is 0.306 e. The average Bonchev–Trinajstić information content (AvgIpc) is 3.19. The zero-order valence-electron chi connectivity index (χ0n) is 36.9. The Morgan fingerprint density at radius 3 is 1.16 bits per heavy atom. The number of unbranched alkanes of at least 4 members (excludes halogenated alkanes) is 29. The van der Waals surface area contributed by atoms with Crippen LogP contribution in [0.2, 0.25) is 0 Å². The third-order valence-corrected chi connectivity index (χ3v) is 10.6. The minimum absolute atomic E-state index is 0.176. The fraction of sp³-hybridized carbons (Fsp3) is 0.824. The molecule has 0 spiro atoms. The Labute approximate surface area is 343 Å². The summed E-state index contributed by atoms with van der Waals surface area (Å²) in [4.78, 5) is 12.2. The lowest BCUT2D eigenvalue weighted by atomic mass is 10.1. The molecule has 0 aliphatic heterocycles. The van der Waals surface area contributed by atoms with Crippen LogP contribution in [-0.2, 0) is 14.3 Å². The number of hydrogen-bond acceptors (Lipinski definition) is 4. The van der Waals surface area contributed by atoms with Gasteiger partial charge in [-0.1, -0.05) is 210 Å². The van der Waals surface area contributed by atoms with E-state index in [2.05, 4.69) is 62.5 Å². The Bertz CT molecular complexity index is 859. The number of esters is 1. The van der Waals surface area contributed by atoms with Crippen LogP contribution in [0.5, 0.6) is 0 Å². The third kappa shape index (κ3) is 46.6. The molecule has 0 aromatic rings. The van der Waals surface area contributed by atoms with Crippen molar-refractivity contribution in [2.45, 2.75) is 251 Å². The van der Waals surface area contributed by atoms with Gasteiger partial charge in [-0.3, -0.25) is 4.79 Å². The lowest BCUT2D eigenvalue weighted by Crippen LogP contribution is -2.27. The van der Waals surface area contributed by atoms with Gasteiger partial charge in [0.15, 0.2) is 0 Å². The molecule has 0 aliphatic carbocycles. The molecule has 0 amide bonds. The number of rotatable bonds is 45. The quantitative estimate of drug-likeness (QED) is 0.0381. The number of aliphatic hydroxyl groups excluding tert-OH is 1. The maximum Gasteiger partial charge on any atom is 0.306 e. The van der Waals surface area contributed by atoms with E-state index in [9.17, 15) is 9.90 Å². The van der Waals surface area contributed by atoms with Crippen molar-refractivity contribution in [3.8, 4) is 0 Å². The van der Waals surface area contributed by atoms with Crippen molar-refractivity contribution in [2.24, 2.45) is 0 Å². The number of allylic oxidation sites excluding steroid dienone is 8. The van der Waals surface area contributed by atoms with Crippen molar-refractivity contribution in [1.82, 2.24) is 0 Å². The highest BCUT2D eigenvalue weighted by atomic mass is 16.6. The van der Waals surface area contributed by atoms with Crippen LogP contribution >= 0.6 is 0 Å². The number of aliphatic hydroxyl groups is 1. The maximum atomic E-state index is 12.2. The molecule has 4 nitrogen and oxygen atoms in total. The predicted octanol–water partition coefficient (Wildman–Crippen LogP) is 16.2. The molecule has 0 bridgehead atoms. The summed E-state index contributed by atoms with van der Waals surface area (Å²) in [6.45, 7) is 5.33. The van der Waals surface area contributed by atoms with Crippen LogP contribution in [0.25, 0.3) is 0 Å². The molecule has 0 aromatic heterocycles. The molecule has 1 N–H and O–H groups in total. The van der Waals surface area contributed by atoms with Crippen LogP contribution in [0, 0.1) is 0 Å². The van der Waals surface area contributed by atoms with Crippen molar-refractivity contribution in [3.63, 3.8) is 0 Å². The molecule has 0 saturated carbocycles. The van der Waals surface area contributed by atoms with Crippen LogP contribution in [0.1, 0.15) is 245 Å². The first-order valence-corrected chi connectivity index (χ1v) is 24.2. The first kappa shape index (κ1) is 53.4. The van der Waals surface area contributed by atoms with Gasteiger partial charge in [0.1, 0.15) is 6.10 Å². The number of carbonyl (C=O) groups is 1. The third-order valence-electron chi connectivity index (χ3n) is 10.6. The van der Waals surface area contributed by atoms with Crippen molar-refractivity contribution in [1.29, 1.82) is 0 Å². The van der Waals surface area contributed by atoms with Crippen LogP contribution in [0.15, 0.2) is 48.6 Å². The van der Waals surface area contributed by atoms with Gasteiger partial charge in [-0.15, -0.1) is 0 Å². The molecule has 0 fully saturated rings. The van der Waals surface area contributed by atoms with Gasteiger partial charge in [0, 0.05) is 13.0 Å². The second-order valence-electron chi connectivity index (χ2n) is 16.2. The van der Waals surface area contributed by atoms with Crippen molar-refractivity contribution >= 4 is 5.97 Å². The lowest BCUT2D eigenvalue weighted by Gasteiger charge is -2.16. The molecule has 0 radical (unpaired) electrons. The van der Waals surface area contributed by atoms with Gasteiger partial charge in [-0.2, -0.15) is 0 Å². The summed E-state index contributed by atoms with van der Waals surface area (Å²) in [6, 6.07) is 0. The summed E-state index contributed by atoms with van der Waals surface area (Å²) in [5.74, 6) is -0.205. The Morgan fingerprint density at radius 2 is 0.764 bits per heavy atom. The average molecular weight is 771 g/mol. The van der Waals surface area contributed by atoms with E-state index in [1.165, 1.54) is 193 Å². The van der Waals surface area contributed by atoms with E-state index in [0.717, 1.165) is 32.1 Å². The summed E-state index contributed by atoms with van der Waals surface area (Å²) in [6.07, 6.45) is 63.3. The predicted molar refractivity (Wildman–Crippen MR) is 242 cm³/mol. The summed E-state index contributed by atoms with van der Waals surface area (Å²) < 4.78 is 11.2. The Kier molecular flexibility index (Phi) is 47.0. The number of hydrogen-bond donors (Lipinski definition) is 1. The van der Waals surface area contributed by atoms with Gasteiger partial charge in [0.25, 0.3) is 0 Å². The van der Waals surface area contributed by atoms with Crippen molar-refractivity contribution in [2.75, 3.05) is 19.8 Å². The molecule has 0 saturated heterocycles. The molecular formula is C51H94O4. The molecule has 322 valence electrons. The van der Waals surface area contributed by atoms with Gasteiger partial charge in [-0.05, 0) is 77.0 Å². The van der Waals surface area contributed by atoms with E-state index in [0.29, 0.717) is 13.0 Å². The van der Waals surface area contributed by atoms with Crippen molar-refractivity contribution in [3.05, 3.63) is 48.6 Å². The van der Waals surface area contributed by atoms with Crippen LogP contribution < -0.4 is 0 Å². The normalized spacial score (nSPS) is 12.7. The highest BCUT2D eigenvalue weighted by Gasteiger charge is 2.13. The summed E-state index contributed by atoms with van der Waals surface area (Å²) in [7, 11) is 0. The molecule has 0 aliphatic rings. The van der Waals surface area contributed by atoms with Gasteiger partial charge in [-0.25, -0.2) is 0 Å². The van der Waals surface area contributed by atoms with E-state index >= 15 is 0 Å². The minimum Gasteiger partial charge on any atom is -0.457 e. The SMILES string of the molecule is CCCCCCC/C=C\C/C=C\C/C=C\CCCCCCCCCOCC(CO)OC(=O)CCCCCCCCCCC/C=C\CCCCCCCCCC. The van der Waals surface area contributed by atoms with Crippen molar-refractivity contribution < 1.29 is 19.4 Å². The second-order valence-corrected chi connectivity index (χ2v) is 16.2. The summed E-state index contributed by atoms with van der Waals surface area (Å²) >= 11 is 0.